The monoisotopic (exact) mass is 303 g/mol. The van der Waals surface area contributed by atoms with Gasteiger partial charge in [0.25, 0.3) is 0 Å². The number of pyridine rings is 1. The number of hydrogen-bond acceptors (Lipinski definition) is 3. The molecule has 1 heterocycles. The topological polar surface area (TPSA) is 42.1 Å². The van der Waals surface area contributed by atoms with Gasteiger partial charge < -0.3 is 10.6 Å². The van der Waals surface area contributed by atoms with Gasteiger partial charge in [-0.2, -0.15) is 0 Å². The van der Waals surface area contributed by atoms with E-state index in [1.54, 1.807) is 0 Å². The van der Waals surface area contributed by atoms with Gasteiger partial charge in [-0.25, -0.2) is 0 Å². The second-order valence-corrected chi connectivity index (χ2v) is 5.83. The molecule has 0 saturated heterocycles. The van der Waals surface area contributed by atoms with Crippen LogP contribution in [0.3, 0.4) is 0 Å². The first-order chi connectivity index (χ1) is 9.93. The van der Waals surface area contributed by atoms with Crippen LogP contribution < -0.4 is 10.6 Å². The first kappa shape index (κ1) is 15.8. The van der Waals surface area contributed by atoms with Gasteiger partial charge in [0.15, 0.2) is 0 Å². The largest absolute Gasteiger partial charge is 0.367 e. The highest BCUT2D eigenvalue weighted by atomic mass is 35.5. The predicted octanol–water partition coefficient (Wildman–Crippen LogP) is 4.01. The van der Waals surface area contributed by atoms with Crippen LogP contribution in [0.1, 0.15) is 35.5 Å². The minimum atomic E-state index is 0.204. The number of halogens is 1. The van der Waals surface area contributed by atoms with Crippen LogP contribution in [0, 0.1) is 13.8 Å². The molecule has 0 aliphatic rings. The SMILES string of the molecule is Cc1cc(N(C)C(C)c2cccc(Cl)c2)c(CN)c(C)n1. The van der Waals surface area contributed by atoms with E-state index in [9.17, 15) is 0 Å². The van der Waals surface area contributed by atoms with Crippen molar-refractivity contribution < 1.29 is 0 Å². The molecule has 0 aliphatic carbocycles. The molecular weight excluding hydrogens is 282 g/mol. The number of aromatic nitrogens is 1. The van der Waals surface area contributed by atoms with Gasteiger partial charge in [-0.1, -0.05) is 23.7 Å². The van der Waals surface area contributed by atoms with Crippen molar-refractivity contribution in [3.8, 4) is 0 Å². The molecule has 0 amide bonds. The van der Waals surface area contributed by atoms with Crippen molar-refractivity contribution in [2.75, 3.05) is 11.9 Å². The number of nitrogens with zero attached hydrogens (tertiary/aromatic N) is 2. The third-order valence-electron chi connectivity index (χ3n) is 3.93. The molecule has 0 spiro atoms. The summed E-state index contributed by atoms with van der Waals surface area (Å²) in [5.74, 6) is 0. The molecule has 21 heavy (non-hydrogen) atoms. The lowest BCUT2D eigenvalue weighted by Crippen LogP contribution is -2.24. The summed E-state index contributed by atoms with van der Waals surface area (Å²) < 4.78 is 0. The molecule has 0 aliphatic heterocycles. The Morgan fingerprint density at radius 2 is 2.00 bits per heavy atom. The first-order valence-corrected chi connectivity index (χ1v) is 7.47. The third kappa shape index (κ3) is 3.36. The predicted molar refractivity (Wildman–Crippen MR) is 89.9 cm³/mol. The van der Waals surface area contributed by atoms with Crippen molar-refractivity contribution in [1.82, 2.24) is 4.98 Å². The molecule has 1 aromatic heterocycles. The van der Waals surface area contributed by atoms with Gasteiger partial charge in [0.1, 0.15) is 0 Å². The fourth-order valence-electron chi connectivity index (χ4n) is 2.60. The molecule has 2 rings (SSSR count). The Bertz CT molecular complexity index is 640. The van der Waals surface area contributed by atoms with Crippen molar-refractivity contribution in [2.45, 2.75) is 33.4 Å². The van der Waals surface area contributed by atoms with Gasteiger partial charge in [-0.15, -0.1) is 0 Å². The molecule has 112 valence electrons. The van der Waals surface area contributed by atoms with Gasteiger partial charge >= 0.3 is 0 Å². The van der Waals surface area contributed by atoms with E-state index in [0.29, 0.717) is 6.54 Å². The summed E-state index contributed by atoms with van der Waals surface area (Å²) in [6.45, 7) is 6.67. The summed E-state index contributed by atoms with van der Waals surface area (Å²) in [4.78, 5) is 6.74. The molecule has 0 saturated carbocycles. The zero-order chi connectivity index (χ0) is 15.6. The van der Waals surface area contributed by atoms with Crippen molar-refractivity contribution in [3.63, 3.8) is 0 Å². The van der Waals surface area contributed by atoms with E-state index in [1.807, 2.05) is 32.0 Å². The lowest BCUT2D eigenvalue weighted by molar-refractivity contribution is 0.731. The second-order valence-electron chi connectivity index (χ2n) is 5.39. The molecular formula is C17H22ClN3. The number of nitrogens with two attached hydrogens (primary N) is 1. The second kappa shape index (κ2) is 6.46. The lowest BCUT2D eigenvalue weighted by Gasteiger charge is -2.30. The molecule has 1 atom stereocenters. The van der Waals surface area contributed by atoms with Gasteiger partial charge in [-0.3, -0.25) is 4.98 Å². The average Bonchev–Trinajstić information content (AvgIpc) is 2.45. The summed E-state index contributed by atoms with van der Waals surface area (Å²) in [5, 5.41) is 0.758. The number of anilines is 1. The van der Waals surface area contributed by atoms with E-state index in [1.165, 1.54) is 5.56 Å². The fraction of sp³-hybridized carbons (Fsp3) is 0.353. The van der Waals surface area contributed by atoms with Crippen molar-refractivity contribution in [2.24, 2.45) is 5.73 Å². The quantitative estimate of drug-likeness (QED) is 0.928. The Morgan fingerprint density at radius 3 is 2.62 bits per heavy atom. The van der Waals surface area contributed by atoms with Gasteiger partial charge in [-0.05, 0) is 44.5 Å². The smallest absolute Gasteiger partial charge is 0.0511 e. The van der Waals surface area contributed by atoms with Crippen LogP contribution in [-0.2, 0) is 6.54 Å². The number of aryl methyl sites for hydroxylation is 2. The van der Waals surface area contributed by atoms with Gasteiger partial charge in [0.2, 0.25) is 0 Å². The van der Waals surface area contributed by atoms with Crippen LogP contribution in [0.5, 0.6) is 0 Å². The van der Waals surface area contributed by atoms with Crippen LogP contribution >= 0.6 is 11.6 Å². The van der Waals surface area contributed by atoms with Crippen LogP contribution in [0.2, 0.25) is 5.02 Å². The average molecular weight is 304 g/mol. The van der Waals surface area contributed by atoms with E-state index in [-0.39, 0.29) is 6.04 Å². The molecule has 4 heteroatoms. The Labute approximate surface area is 131 Å². The molecule has 2 N–H and O–H groups in total. The highest BCUT2D eigenvalue weighted by Gasteiger charge is 2.17. The summed E-state index contributed by atoms with van der Waals surface area (Å²) in [7, 11) is 2.08. The summed E-state index contributed by atoms with van der Waals surface area (Å²) in [6, 6.07) is 10.3. The molecule has 1 unspecified atom stereocenters. The van der Waals surface area contributed by atoms with E-state index in [0.717, 1.165) is 27.7 Å². The number of rotatable bonds is 4. The third-order valence-corrected chi connectivity index (χ3v) is 4.17. The molecule has 0 radical (unpaired) electrons. The molecule has 0 fully saturated rings. The Hall–Kier alpha value is -1.58. The molecule has 3 nitrogen and oxygen atoms in total. The summed E-state index contributed by atoms with van der Waals surface area (Å²) in [5.41, 5.74) is 11.3. The van der Waals surface area contributed by atoms with Crippen LogP contribution in [0.15, 0.2) is 30.3 Å². The normalized spacial score (nSPS) is 12.3. The molecule has 1 aromatic carbocycles. The van der Waals surface area contributed by atoms with Crippen LogP contribution in [0.4, 0.5) is 5.69 Å². The minimum Gasteiger partial charge on any atom is -0.367 e. The highest BCUT2D eigenvalue weighted by molar-refractivity contribution is 6.30. The fourth-order valence-corrected chi connectivity index (χ4v) is 2.80. The Kier molecular flexibility index (Phi) is 4.86. The van der Waals surface area contributed by atoms with E-state index in [4.69, 9.17) is 17.3 Å². The van der Waals surface area contributed by atoms with Crippen LogP contribution in [0.25, 0.3) is 0 Å². The maximum Gasteiger partial charge on any atom is 0.0511 e. The zero-order valence-corrected chi connectivity index (χ0v) is 13.8. The van der Waals surface area contributed by atoms with E-state index in [2.05, 4.69) is 36.0 Å². The molecule has 0 bridgehead atoms. The highest BCUT2D eigenvalue weighted by Crippen LogP contribution is 2.30. The lowest BCUT2D eigenvalue weighted by atomic mass is 10.0. The summed E-state index contributed by atoms with van der Waals surface area (Å²) >= 11 is 6.10. The number of benzene rings is 1. The van der Waals surface area contributed by atoms with E-state index >= 15 is 0 Å². The van der Waals surface area contributed by atoms with Crippen molar-refractivity contribution in [3.05, 3.63) is 57.9 Å². The van der Waals surface area contributed by atoms with Crippen molar-refractivity contribution in [1.29, 1.82) is 0 Å². The van der Waals surface area contributed by atoms with Gasteiger partial charge in [0, 0.05) is 41.3 Å². The Balaban J connectivity index is 2.42. The first-order valence-electron chi connectivity index (χ1n) is 7.09. The van der Waals surface area contributed by atoms with E-state index < -0.39 is 0 Å². The van der Waals surface area contributed by atoms with Crippen LogP contribution in [-0.4, -0.2) is 12.0 Å². The van der Waals surface area contributed by atoms with Gasteiger partial charge in [0.05, 0.1) is 6.04 Å². The summed E-state index contributed by atoms with van der Waals surface area (Å²) in [6.07, 6.45) is 0. The maximum atomic E-state index is 6.10. The zero-order valence-electron chi connectivity index (χ0n) is 13.0. The number of hydrogen-bond donors (Lipinski definition) is 1. The maximum absolute atomic E-state index is 6.10. The minimum absolute atomic E-state index is 0.204. The molecule has 2 aromatic rings. The van der Waals surface area contributed by atoms with Crippen molar-refractivity contribution >= 4 is 17.3 Å². The Morgan fingerprint density at radius 1 is 1.29 bits per heavy atom. The standard InChI is InChI=1S/C17H22ClN3/c1-11-8-17(16(10-19)12(2)20-11)21(4)13(3)14-6-5-7-15(18)9-14/h5-9,13H,10,19H2,1-4H3.